The smallest absolute Gasteiger partial charge is 0.191 e. The third-order valence-corrected chi connectivity index (χ3v) is 5.23. The zero-order valence-electron chi connectivity index (χ0n) is 15.1. The van der Waals surface area contributed by atoms with Gasteiger partial charge in [0.05, 0.1) is 12.1 Å². The number of aliphatic hydroxyl groups is 1. The van der Waals surface area contributed by atoms with E-state index < -0.39 is 5.60 Å². The largest absolute Gasteiger partial charge is 0.388 e. The molecular formula is C18H36N4O. The van der Waals surface area contributed by atoms with Gasteiger partial charge in [-0.15, -0.1) is 0 Å². The summed E-state index contributed by atoms with van der Waals surface area (Å²) in [7, 11) is 0. The summed E-state index contributed by atoms with van der Waals surface area (Å²) in [6, 6.07) is 0. The number of aliphatic imine (C=N–C) groups is 1. The normalized spacial score (nSPS) is 23.2. The molecule has 1 heterocycles. The highest BCUT2D eigenvalue weighted by Gasteiger charge is 2.30. The van der Waals surface area contributed by atoms with E-state index in [1.54, 1.807) is 0 Å². The Morgan fingerprint density at radius 2 is 1.91 bits per heavy atom. The Balaban J connectivity index is 1.65. The van der Waals surface area contributed by atoms with Crippen molar-refractivity contribution < 1.29 is 5.11 Å². The van der Waals surface area contributed by atoms with Crippen molar-refractivity contribution in [2.75, 3.05) is 39.3 Å². The third-order valence-electron chi connectivity index (χ3n) is 5.23. The number of likely N-dealkylation sites (tertiary alicyclic amines) is 1. The second kappa shape index (κ2) is 9.48. The number of hydrogen-bond donors (Lipinski definition) is 3. The first-order valence-corrected chi connectivity index (χ1v) is 9.58. The van der Waals surface area contributed by atoms with Crippen molar-refractivity contribution in [2.45, 2.75) is 64.4 Å². The van der Waals surface area contributed by atoms with Crippen LogP contribution in [0.2, 0.25) is 0 Å². The summed E-state index contributed by atoms with van der Waals surface area (Å²) >= 11 is 0. The molecule has 2 aliphatic rings. The van der Waals surface area contributed by atoms with Crippen molar-refractivity contribution in [3.8, 4) is 0 Å². The Morgan fingerprint density at radius 3 is 2.57 bits per heavy atom. The van der Waals surface area contributed by atoms with Crippen LogP contribution in [0.5, 0.6) is 0 Å². The lowest BCUT2D eigenvalue weighted by Crippen LogP contribution is -2.41. The molecule has 1 aliphatic carbocycles. The van der Waals surface area contributed by atoms with Gasteiger partial charge in [-0.3, -0.25) is 4.99 Å². The van der Waals surface area contributed by atoms with E-state index in [9.17, 15) is 5.11 Å². The number of guanidine groups is 1. The van der Waals surface area contributed by atoms with Crippen LogP contribution in [0.15, 0.2) is 4.99 Å². The van der Waals surface area contributed by atoms with Crippen LogP contribution < -0.4 is 10.6 Å². The lowest BCUT2D eigenvalue weighted by molar-refractivity contribution is 0.0574. The van der Waals surface area contributed by atoms with Gasteiger partial charge in [0.25, 0.3) is 0 Å². The Bertz CT molecular complexity index is 358. The molecule has 0 aromatic carbocycles. The molecule has 134 valence electrons. The van der Waals surface area contributed by atoms with Gasteiger partial charge in [-0.1, -0.05) is 19.8 Å². The quantitative estimate of drug-likeness (QED) is 0.381. The van der Waals surface area contributed by atoms with Gasteiger partial charge in [-0.2, -0.15) is 0 Å². The molecule has 5 heteroatoms. The first-order valence-electron chi connectivity index (χ1n) is 9.58. The van der Waals surface area contributed by atoms with Gasteiger partial charge in [0.15, 0.2) is 5.96 Å². The molecule has 0 atom stereocenters. The van der Waals surface area contributed by atoms with Crippen LogP contribution in [0.3, 0.4) is 0 Å². The molecule has 1 saturated heterocycles. The summed E-state index contributed by atoms with van der Waals surface area (Å²) in [6.45, 7) is 10.4. The number of nitrogens with one attached hydrogen (secondary N) is 2. The molecule has 0 spiro atoms. The fourth-order valence-electron chi connectivity index (χ4n) is 3.55. The van der Waals surface area contributed by atoms with E-state index in [1.165, 1.54) is 32.5 Å². The SMILES string of the molecule is CCNC(=NCC1(O)CCCC1)NCCCN1CCC(C)CC1. The van der Waals surface area contributed by atoms with Crippen LogP contribution in [-0.2, 0) is 0 Å². The van der Waals surface area contributed by atoms with Gasteiger partial charge in [-0.05, 0) is 64.6 Å². The summed E-state index contributed by atoms with van der Waals surface area (Å²) in [6.07, 6.45) is 7.87. The predicted molar refractivity (Wildman–Crippen MR) is 96.9 cm³/mol. The second-order valence-electron chi connectivity index (χ2n) is 7.43. The number of rotatable bonds is 7. The molecule has 2 fully saturated rings. The first kappa shape index (κ1) is 18.5. The standard InChI is InChI=1S/C18H36N4O/c1-3-19-17(21-15-18(23)9-4-5-10-18)20-11-6-12-22-13-7-16(2)8-14-22/h16,23H,3-15H2,1-2H3,(H2,19,20,21). The molecule has 0 bridgehead atoms. The van der Waals surface area contributed by atoms with Crippen molar-refractivity contribution in [3.63, 3.8) is 0 Å². The van der Waals surface area contributed by atoms with Crippen LogP contribution in [0.1, 0.15) is 58.8 Å². The van der Waals surface area contributed by atoms with Crippen molar-refractivity contribution in [2.24, 2.45) is 10.9 Å². The lowest BCUT2D eigenvalue weighted by atomic mass is 9.99. The van der Waals surface area contributed by atoms with Gasteiger partial charge in [-0.25, -0.2) is 0 Å². The van der Waals surface area contributed by atoms with E-state index in [-0.39, 0.29) is 0 Å². The van der Waals surface area contributed by atoms with Crippen molar-refractivity contribution in [1.82, 2.24) is 15.5 Å². The molecule has 0 aromatic rings. The second-order valence-corrected chi connectivity index (χ2v) is 7.43. The predicted octanol–water partition coefficient (Wildman–Crippen LogP) is 1.97. The van der Waals surface area contributed by atoms with Gasteiger partial charge in [0.2, 0.25) is 0 Å². The maximum absolute atomic E-state index is 10.4. The van der Waals surface area contributed by atoms with Gasteiger partial charge in [0, 0.05) is 13.1 Å². The Hall–Kier alpha value is -0.810. The minimum absolute atomic E-state index is 0.520. The Kier molecular flexibility index (Phi) is 7.63. The van der Waals surface area contributed by atoms with Crippen molar-refractivity contribution in [1.29, 1.82) is 0 Å². The molecule has 1 aliphatic heterocycles. The van der Waals surface area contributed by atoms with E-state index >= 15 is 0 Å². The number of hydrogen-bond acceptors (Lipinski definition) is 3. The fourth-order valence-corrected chi connectivity index (χ4v) is 3.55. The van der Waals surface area contributed by atoms with Crippen LogP contribution in [0, 0.1) is 5.92 Å². The highest BCUT2D eigenvalue weighted by atomic mass is 16.3. The molecular weight excluding hydrogens is 288 g/mol. The maximum Gasteiger partial charge on any atom is 0.191 e. The molecule has 0 radical (unpaired) electrons. The average molecular weight is 325 g/mol. The summed E-state index contributed by atoms with van der Waals surface area (Å²) in [5.41, 5.74) is -0.563. The molecule has 5 nitrogen and oxygen atoms in total. The minimum Gasteiger partial charge on any atom is -0.388 e. The molecule has 0 amide bonds. The van der Waals surface area contributed by atoms with E-state index in [0.29, 0.717) is 6.54 Å². The van der Waals surface area contributed by atoms with Crippen LogP contribution >= 0.6 is 0 Å². The Morgan fingerprint density at radius 1 is 1.22 bits per heavy atom. The molecule has 2 rings (SSSR count). The summed E-state index contributed by atoms with van der Waals surface area (Å²) in [5.74, 6) is 1.75. The summed E-state index contributed by atoms with van der Waals surface area (Å²) in [4.78, 5) is 7.17. The lowest BCUT2D eigenvalue weighted by Gasteiger charge is -2.30. The van der Waals surface area contributed by atoms with E-state index in [4.69, 9.17) is 0 Å². The maximum atomic E-state index is 10.4. The van der Waals surface area contributed by atoms with Gasteiger partial charge < -0.3 is 20.6 Å². The molecule has 23 heavy (non-hydrogen) atoms. The molecule has 0 aromatic heterocycles. The van der Waals surface area contributed by atoms with E-state index in [2.05, 4.69) is 34.4 Å². The van der Waals surface area contributed by atoms with Gasteiger partial charge in [0.1, 0.15) is 0 Å². The summed E-state index contributed by atoms with van der Waals surface area (Å²) < 4.78 is 0. The monoisotopic (exact) mass is 324 g/mol. The zero-order valence-corrected chi connectivity index (χ0v) is 15.1. The Labute approximate surface area is 141 Å². The van der Waals surface area contributed by atoms with Crippen molar-refractivity contribution in [3.05, 3.63) is 0 Å². The highest BCUT2D eigenvalue weighted by Crippen LogP contribution is 2.29. The van der Waals surface area contributed by atoms with Crippen LogP contribution in [0.4, 0.5) is 0 Å². The van der Waals surface area contributed by atoms with Crippen molar-refractivity contribution >= 4 is 5.96 Å². The van der Waals surface area contributed by atoms with E-state index in [1.807, 2.05) is 0 Å². The van der Waals surface area contributed by atoms with E-state index in [0.717, 1.165) is 57.1 Å². The molecule has 1 saturated carbocycles. The molecule has 0 unspecified atom stereocenters. The topological polar surface area (TPSA) is 59.9 Å². The molecule has 3 N–H and O–H groups in total. The third kappa shape index (κ3) is 6.68. The first-order chi connectivity index (χ1) is 11.1. The minimum atomic E-state index is -0.563. The summed E-state index contributed by atoms with van der Waals surface area (Å²) in [5, 5.41) is 17.1. The number of nitrogens with zero attached hydrogens (tertiary/aromatic N) is 2. The highest BCUT2D eigenvalue weighted by molar-refractivity contribution is 5.79. The van der Waals surface area contributed by atoms with Crippen LogP contribution in [0.25, 0.3) is 0 Å². The fraction of sp³-hybridized carbons (Fsp3) is 0.944. The van der Waals surface area contributed by atoms with Gasteiger partial charge >= 0.3 is 0 Å². The average Bonchev–Trinajstić information content (AvgIpc) is 2.98. The zero-order chi connectivity index (χ0) is 16.5. The van der Waals surface area contributed by atoms with Crippen LogP contribution in [-0.4, -0.2) is 60.8 Å². The number of piperidine rings is 1.